The van der Waals surface area contributed by atoms with Gasteiger partial charge in [-0.25, -0.2) is 0 Å². The van der Waals surface area contributed by atoms with E-state index in [-0.39, 0.29) is 30.0 Å². The summed E-state index contributed by atoms with van der Waals surface area (Å²) in [6.07, 6.45) is -2.14. The second-order valence-electron chi connectivity index (χ2n) is 4.12. The first kappa shape index (κ1) is 16.0. The Morgan fingerprint density at radius 1 is 1.39 bits per heavy atom. The molecule has 0 radical (unpaired) electrons. The molecule has 0 aromatic carbocycles. The van der Waals surface area contributed by atoms with Crippen molar-refractivity contribution in [3.63, 3.8) is 0 Å². The van der Waals surface area contributed by atoms with Crippen LogP contribution in [0.2, 0.25) is 0 Å². The molecule has 2 aliphatic heterocycles. The Morgan fingerprint density at radius 3 is 2.72 bits per heavy atom. The highest BCUT2D eigenvalue weighted by molar-refractivity contribution is 8.14. The van der Waals surface area contributed by atoms with E-state index in [9.17, 15) is 10.2 Å². The molecule has 2 rings (SSSR count). The number of aliphatic hydroxyl groups excluding tert-OH is 2. The molecule has 6 nitrogen and oxygen atoms in total. The summed E-state index contributed by atoms with van der Waals surface area (Å²) < 4.78 is 5.76. The van der Waals surface area contributed by atoms with Crippen molar-refractivity contribution in [3.8, 4) is 0 Å². The lowest BCUT2D eigenvalue weighted by Crippen LogP contribution is -2.57. The van der Waals surface area contributed by atoms with Crippen LogP contribution in [0.5, 0.6) is 0 Å². The molecule has 0 spiro atoms. The number of thioether (sulfide) groups is 1. The first-order valence-corrected chi connectivity index (χ1v) is 6.69. The molecule has 106 valence electrons. The van der Waals surface area contributed by atoms with Crippen molar-refractivity contribution < 1.29 is 14.9 Å². The molecule has 0 aliphatic carbocycles. The minimum Gasteiger partial charge on any atom is -0.388 e. The lowest BCUT2D eigenvalue weighted by Gasteiger charge is -2.38. The number of ether oxygens (including phenoxy) is 1. The second kappa shape index (κ2) is 6.93. The zero-order valence-corrected chi connectivity index (χ0v) is 12.0. The maximum absolute atomic E-state index is 10.0. The third-order valence-electron chi connectivity index (χ3n) is 2.97. The van der Waals surface area contributed by atoms with Crippen LogP contribution < -0.4 is 10.6 Å². The predicted octanol–water partition coefficient (Wildman–Crippen LogP) is -0.845. The number of likely N-dealkylation sites (N-methyl/N-ethyl adjacent to an activating group) is 1. The summed E-state index contributed by atoms with van der Waals surface area (Å²) in [5.41, 5.74) is -0.209. The van der Waals surface area contributed by atoms with E-state index in [1.807, 2.05) is 6.92 Å². The van der Waals surface area contributed by atoms with E-state index in [1.54, 1.807) is 7.05 Å². The van der Waals surface area contributed by atoms with Crippen LogP contribution in [-0.4, -0.2) is 65.3 Å². The van der Waals surface area contributed by atoms with Crippen LogP contribution in [0.3, 0.4) is 0 Å². The predicted molar refractivity (Wildman–Crippen MR) is 74.3 cm³/mol. The molecule has 0 aromatic rings. The van der Waals surface area contributed by atoms with E-state index in [0.29, 0.717) is 6.54 Å². The van der Waals surface area contributed by atoms with Crippen molar-refractivity contribution in [2.45, 2.75) is 36.7 Å². The summed E-state index contributed by atoms with van der Waals surface area (Å²) in [6.45, 7) is 3.33. The van der Waals surface area contributed by atoms with Crippen molar-refractivity contribution in [2.75, 3.05) is 20.1 Å². The third-order valence-corrected chi connectivity index (χ3v) is 4.13. The number of rotatable bonds is 3. The summed E-state index contributed by atoms with van der Waals surface area (Å²) in [5.74, 6) is 0. The Bertz CT molecular complexity index is 308. The topological polar surface area (TPSA) is 86.1 Å². The maximum Gasteiger partial charge on any atom is 0.159 e. The highest BCUT2D eigenvalue weighted by Crippen LogP contribution is 2.35. The Kier molecular flexibility index (Phi) is 6.16. The number of amidine groups is 1. The average Bonchev–Trinajstić information content (AvgIpc) is 2.75. The van der Waals surface area contributed by atoms with E-state index < -0.39 is 12.2 Å². The van der Waals surface area contributed by atoms with Gasteiger partial charge in [-0.1, -0.05) is 18.7 Å². The number of halogens is 1. The number of nitrogens with one attached hydrogen (secondary N) is 2. The molecule has 0 saturated carbocycles. The number of nitrogens with zero attached hydrogens (tertiary/aromatic N) is 1. The van der Waals surface area contributed by atoms with Crippen molar-refractivity contribution in [1.29, 1.82) is 0 Å². The van der Waals surface area contributed by atoms with Gasteiger partial charge >= 0.3 is 0 Å². The van der Waals surface area contributed by atoms with Gasteiger partial charge in [0, 0.05) is 13.6 Å². The van der Waals surface area contributed by atoms with Crippen molar-refractivity contribution in [2.24, 2.45) is 4.99 Å². The summed E-state index contributed by atoms with van der Waals surface area (Å²) in [7, 11) is 1.78. The van der Waals surface area contributed by atoms with Crippen LogP contribution in [0.1, 0.15) is 6.92 Å². The summed E-state index contributed by atoms with van der Waals surface area (Å²) >= 11 is 1.46. The molecule has 1 saturated heterocycles. The molecule has 8 heteroatoms. The Balaban J connectivity index is 0.00000162. The average molecular weight is 298 g/mol. The molecule has 2 heterocycles. The Hall–Kier alpha value is -0.0500. The van der Waals surface area contributed by atoms with Gasteiger partial charge in [-0.3, -0.25) is 4.99 Å². The molecule has 2 aliphatic rings. The van der Waals surface area contributed by atoms with Crippen molar-refractivity contribution in [3.05, 3.63) is 0 Å². The van der Waals surface area contributed by atoms with Gasteiger partial charge in [0.2, 0.25) is 0 Å². The van der Waals surface area contributed by atoms with Gasteiger partial charge in [0.05, 0.1) is 0 Å². The van der Waals surface area contributed by atoms with Crippen LogP contribution in [-0.2, 0) is 4.74 Å². The minimum absolute atomic E-state index is 0. The van der Waals surface area contributed by atoms with Crippen LogP contribution in [0.4, 0.5) is 0 Å². The third kappa shape index (κ3) is 3.09. The number of hydrogen-bond donors (Lipinski definition) is 4. The second-order valence-corrected chi connectivity index (χ2v) is 5.21. The van der Waals surface area contributed by atoms with E-state index >= 15 is 0 Å². The summed E-state index contributed by atoms with van der Waals surface area (Å²) in [4.78, 5) is 4.29. The molecule has 0 amide bonds. The number of aliphatic hydroxyl groups is 2. The fraction of sp³-hybridized carbons (Fsp3) is 0.900. The normalized spacial score (nSPS) is 38.7. The maximum atomic E-state index is 10.0. The lowest BCUT2D eigenvalue weighted by molar-refractivity contribution is -0.150. The van der Waals surface area contributed by atoms with E-state index in [4.69, 9.17) is 4.74 Å². The molecular weight excluding hydrogens is 278 g/mol. The van der Waals surface area contributed by atoms with Crippen LogP contribution in [0.15, 0.2) is 4.99 Å². The molecule has 4 N–H and O–H groups in total. The molecule has 0 aromatic heterocycles. The standard InChI is InChI=1S/C10H19N3O3S.ClH/c1-3-12-4-5-7(14)8(15)6-9(16-5)17-10(11-2)13-6;/h5-9,12,14-15H,3-4H2,1-2H3,(H,11,13);1H/t5-,6-,7-,8-,9-;/m1./s1. The smallest absolute Gasteiger partial charge is 0.159 e. The molecule has 1 fully saturated rings. The zero-order chi connectivity index (χ0) is 12.4. The van der Waals surface area contributed by atoms with Gasteiger partial charge < -0.3 is 25.6 Å². The lowest BCUT2D eigenvalue weighted by atomic mass is 9.98. The number of aliphatic imine (C=N–C) groups is 1. The Morgan fingerprint density at radius 2 is 2.11 bits per heavy atom. The van der Waals surface area contributed by atoms with Crippen LogP contribution in [0, 0.1) is 0 Å². The number of fused-ring (bicyclic) bond motifs is 1. The van der Waals surface area contributed by atoms with Crippen LogP contribution in [0.25, 0.3) is 0 Å². The summed E-state index contributed by atoms with van der Waals surface area (Å²) in [6, 6.07) is -0.379. The molecular formula is C10H20ClN3O3S. The highest BCUT2D eigenvalue weighted by Gasteiger charge is 2.47. The molecule has 18 heavy (non-hydrogen) atoms. The monoisotopic (exact) mass is 297 g/mol. The van der Waals surface area contributed by atoms with Gasteiger partial charge in [0.25, 0.3) is 0 Å². The zero-order valence-electron chi connectivity index (χ0n) is 10.4. The van der Waals surface area contributed by atoms with E-state index in [2.05, 4.69) is 15.6 Å². The first-order chi connectivity index (χ1) is 8.17. The van der Waals surface area contributed by atoms with Gasteiger partial charge in [0.15, 0.2) is 5.17 Å². The SMILES string of the molecule is CCNC[C@H]1O[C@@H]2SC(NC)=N[C@@H]2[C@@H](O)[C@@H]1O.Cl. The van der Waals surface area contributed by atoms with Gasteiger partial charge in [-0.05, 0) is 6.54 Å². The quantitative estimate of drug-likeness (QED) is 0.543. The summed E-state index contributed by atoms with van der Waals surface area (Å²) in [5, 5.41) is 26.8. The molecule has 0 bridgehead atoms. The molecule has 5 atom stereocenters. The van der Waals surface area contributed by atoms with E-state index in [0.717, 1.165) is 11.7 Å². The fourth-order valence-electron chi connectivity index (χ4n) is 2.01. The fourth-order valence-corrected chi connectivity index (χ4v) is 3.09. The van der Waals surface area contributed by atoms with Crippen molar-refractivity contribution in [1.82, 2.24) is 10.6 Å². The van der Waals surface area contributed by atoms with Crippen LogP contribution >= 0.6 is 24.2 Å². The minimum atomic E-state index is -0.893. The largest absolute Gasteiger partial charge is 0.388 e. The van der Waals surface area contributed by atoms with Gasteiger partial charge in [-0.2, -0.15) is 0 Å². The van der Waals surface area contributed by atoms with E-state index in [1.165, 1.54) is 11.8 Å². The first-order valence-electron chi connectivity index (χ1n) is 5.82. The number of hydrogen-bond acceptors (Lipinski definition) is 7. The highest BCUT2D eigenvalue weighted by atomic mass is 35.5. The molecule has 0 unspecified atom stereocenters. The van der Waals surface area contributed by atoms with Gasteiger partial charge in [0.1, 0.15) is 29.8 Å². The van der Waals surface area contributed by atoms with Crippen molar-refractivity contribution >= 4 is 29.3 Å². The Labute approximate surface area is 117 Å². The van der Waals surface area contributed by atoms with Gasteiger partial charge in [-0.15, -0.1) is 12.4 Å².